The molecule has 0 rings (SSSR count). The van der Waals surface area contributed by atoms with Gasteiger partial charge in [0.25, 0.3) is 0 Å². The summed E-state index contributed by atoms with van der Waals surface area (Å²) >= 11 is 0. The van der Waals surface area contributed by atoms with Crippen LogP contribution < -0.4 is 5.32 Å². The Kier molecular flexibility index (Phi) is 60.9. The van der Waals surface area contributed by atoms with Gasteiger partial charge < -0.3 is 20.3 Å². The van der Waals surface area contributed by atoms with Crippen molar-refractivity contribution in [2.45, 2.75) is 386 Å². The van der Waals surface area contributed by atoms with Gasteiger partial charge in [0, 0.05) is 12.8 Å². The largest absolute Gasteiger partial charge is 0.466 e. The minimum Gasteiger partial charge on any atom is -0.466 e. The molecule has 0 aliphatic rings. The predicted molar refractivity (Wildman–Crippen MR) is 315 cm³/mol. The normalized spacial score (nSPS) is 12.6. The van der Waals surface area contributed by atoms with Gasteiger partial charge in [0.2, 0.25) is 5.91 Å². The number of allylic oxidation sites excluding steroid dienone is 2. The van der Waals surface area contributed by atoms with Gasteiger partial charge in [-0.05, 0) is 51.4 Å². The first kappa shape index (κ1) is 70.6. The van der Waals surface area contributed by atoms with Crippen LogP contribution in [0.25, 0.3) is 0 Å². The maximum absolute atomic E-state index is 12.5. The van der Waals surface area contributed by atoms with E-state index >= 15 is 0 Å². The Morgan fingerprint density at radius 2 is 0.653 bits per heavy atom. The number of esters is 1. The average molecular weight is 1020 g/mol. The lowest BCUT2D eigenvalue weighted by atomic mass is 10.0. The van der Waals surface area contributed by atoms with Crippen LogP contribution in [-0.2, 0) is 14.3 Å². The number of carbonyl (C=O) groups is 2. The van der Waals surface area contributed by atoms with Gasteiger partial charge in [-0.1, -0.05) is 321 Å². The minimum absolute atomic E-state index is 0.0174. The number of ether oxygens (including phenoxy) is 1. The van der Waals surface area contributed by atoms with Gasteiger partial charge in [-0.3, -0.25) is 9.59 Å². The number of hydrogen-bond acceptors (Lipinski definition) is 5. The van der Waals surface area contributed by atoms with Crippen LogP contribution in [-0.4, -0.2) is 47.4 Å². The molecular formula is C66H129NO5. The van der Waals surface area contributed by atoms with Crippen molar-refractivity contribution in [2.24, 2.45) is 0 Å². The third kappa shape index (κ3) is 57.9. The minimum atomic E-state index is -0.664. The Hall–Kier alpha value is -1.40. The second-order valence-electron chi connectivity index (χ2n) is 22.8. The van der Waals surface area contributed by atoms with E-state index in [4.69, 9.17) is 4.74 Å². The highest BCUT2D eigenvalue weighted by molar-refractivity contribution is 5.76. The first-order chi connectivity index (χ1) is 35.5. The molecule has 3 N–H and O–H groups in total. The van der Waals surface area contributed by atoms with Gasteiger partial charge in [0.1, 0.15) is 0 Å². The van der Waals surface area contributed by atoms with Crippen LogP contribution >= 0.6 is 0 Å². The zero-order valence-electron chi connectivity index (χ0n) is 48.9. The Balaban J connectivity index is 3.37. The van der Waals surface area contributed by atoms with Crippen molar-refractivity contribution < 1.29 is 24.5 Å². The zero-order valence-corrected chi connectivity index (χ0v) is 48.9. The molecule has 0 saturated heterocycles. The van der Waals surface area contributed by atoms with Crippen molar-refractivity contribution in [3.8, 4) is 0 Å². The summed E-state index contributed by atoms with van der Waals surface area (Å²) in [6, 6.07) is -0.542. The quantitative estimate of drug-likeness (QED) is 0.0320. The molecule has 0 radical (unpaired) electrons. The molecule has 6 nitrogen and oxygen atoms in total. The van der Waals surface area contributed by atoms with E-state index in [1.165, 1.54) is 302 Å². The van der Waals surface area contributed by atoms with Crippen LogP contribution in [0.15, 0.2) is 12.2 Å². The topological polar surface area (TPSA) is 95.9 Å². The van der Waals surface area contributed by atoms with Crippen molar-refractivity contribution >= 4 is 11.9 Å². The van der Waals surface area contributed by atoms with Crippen molar-refractivity contribution in [3.63, 3.8) is 0 Å². The predicted octanol–water partition coefficient (Wildman–Crippen LogP) is 20.8. The molecule has 428 valence electrons. The van der Waals surface area contributed by atoms with Gasteiger partial charge >= 0.3 is 5.97 Å². The number of aliphatic hydroxyl groups is 2. The van der Waals surface area contributed by atoms with E-state index in [9.17, 15) is 19.8 Å². The van der Waals surface area contributed by atoms with Gasteiger partial charge in [-0.2, -0.15) is 0 Å². The second-order valence-corrected chi connectivity index (χ2v) is 22.8. The van der Waals surface area contributed by atoms with Crippen LogP contribution in [0.1, 0.15) is 373 Å². The molecule has 0 spiro atoms. The summed E-state index contributed by atoms with van der Waals surface area (Å²) in [6.07, 6.45) is 75.2. The van der Waals surface area contributed by atoms with Crippen LogP contribution in [0.4, 0.5) is 0 Å². The van der Waals surface area contributed by atoms with Crippen molar-refractivity contribution in [3.05, 3.63) is 12.2 Å². The van der Waals surface area contributed by atoms with E-state index in [0.29, 0.717) is 25.9 Å². The smallest absolute Gasteiger partial charge is 0.305 e. The molecule has 0 aromatic rings. The average Bonchev–Trinajstić information content (AvgIpc) is 3.38. The Labute approximate surface area is 450 Å². The van der Waals surface area contributed by atoms with E-state index in [1.807, 2.05) is 0 Å². The molecule has 6 heteroatoms. The highest BCUT2D eigenvalue weighted by Gasteiger charge is 2.20. The zero-order chi connectivity index (χ0) is 52.2. The third-order valence-electron chi connectivity index (χ3n) is 15.6. The van der Waals surface area contributed by atoms with Crippen molar-refractivity contribution in [2.75, 3.05) is 13.2 Å². The molecule has 72 heavy (non-hydrogen) atoms. The molecule has 0 saturated carbocycles. The molecule has 0 fully saturated rings. The first-order valence-corrected chi connectivity index (χ1v) is 32.9. The summed E-state index contributed by atoms with van der Waals surface area (Å²) in [5.41, 5.74) is 0. The van der Waals surface area contributed by atoms with E-state index in [0.717, 1.165) is 38.5 Å². The van der Waals surface area contributed by atoms with E-state index in [2.05, 4.69) is 31.3 Å². The lowest BCUT2D eigenvalue weighted by Crippen LogP contribution is -2.45. The summed E-state index contributed by atoms with van der Waals surface area (Å²) in [5.74, 6) is -0.0166. The lowest BCUT2D eigenvalue weighted by Gasteiger charge is -2.22. The fourth-order valence-corrected chi connectivity index (χ4v) is 10.5. The molecule has 0 aromatic heterocycles. The number of unbranched alkanes of at least 4 members (excludes halogenated alkanes) is 49. The fourth-order valence-electron chi connectivity index (χ4n) is 10.5. The van der Waals surface area contributed by atoms with Crippen molar-refractivity contribution in [1.82, 2.24) is 5.32 Å². The maximum atomic E-state index is 12.5. The van der Waals surface area contributed by atoms with E-state index in [-0.39, 0.29) is 18.5 Å². The number of amides is 1. The number of hydrogen-bond donors (Lipinski definition) is 3. The number of aliphatic hydroxyl groups excluding tert-OH is 2. The summed E-state index contributed by atoms with van der Waals surface area (Å²) in [5, 5.41) is 23.3. The highest BCUT2D eigenvalue weighted by atomic mass is 16.5. The molecule has 0 aliphatic carbocycles. The first-order valence-electron chi connectivity index (χ1n) is 32.9. The maximum Gasteiger partial charge on any atom is 0.305 e. The van der Waals surface area contributed by atoms with Crippen LogP contribution in [0, 0.1) is 0 Å². The Morgan fingerprint density at radius 3 is 0.986 bits per heavy atom. The van der Waals surface area contributed by atoms with Crippen LogP contribution in [0.2, 0.25) is 0 Å². The highest BCUT2D eigenvalue weighted by Crippen LogP contribution is 2.18. The molecule has 0 aromatic carbocycles. The molecule has 0 aliphatic heterocycles. The molecular weight excluding hydrogens is 887 g/mol. The Bertz CT molecular complexity index is 1080. The monoisotopic (exact) mass is 1020 g/mol. The number of carbonyl (C=O) groups excluding carboxylic acids is 2. The van der Waals surface area contributed by atoms with Crippen molar-refractivity contribution in [1.29, 1.82) is 0 Å². The fraction of sp³-hybridized carbons (Fsp3) is 0.939. The summed E-state index contributed by atoms with van der Waals surface area (Å²) in [4.78, 5) is 24.5. The SMILES string of the molecule is CCCCCCCCCCCCCCCCCC(O)C(CO)NC(=O)CCCCCCCCCCCC/C=C\CCCCCCCCCCCCCCOC(=O)CCCCCCCCCCCCCCCC. The summed E-state index contributed by atoms with van der Waals surface area (Å²) < 4.78 is 5.49. The van der Waals surface area contributed by atoms with E-state index in [1.54, 1.807) is 0 Å². The molecule has 2 atom stereocenters. The van der Waals surface area contributed by atoms with E-state index < -0.39 is 12.1 Å². The Morgan fingerprint density at radius 1 is 0.375 bits per heavy atom. The second kappa shape index (κ2) is 62.1. The molecule has 2 unspecified atom stereocenters. The summed E-state index contributed by atoms with van der Waals surface area (Å²) in [6.45, 7) is 4.98. The lowest BCUT2D eigenvalue weighted by molar-refractivity contribution is -0.143. The van der Waals surface area contributed by atoms with Gasteiger partial charge in [-0.15, -0.1) is 0 Å². The standard InChI is InChI=1S/C66H129NO5/c1-3-5-7-9-11-13-15-17-31-34-38-42-46-50-54-58-64(69)63(62-68)67-65(70)59-55-51-47-43-39-35-32-29-27-25-23-21-19-20-22-24-26-28-30-33-37-41-45-49-53-57-61-72-66(71)60-56-52-48-44-40-36-18-16-14-12-10-8-6-4-2/h19,21,63-64,68-69H,3-18,20,22-62H2,1-2H3,(H,67,70)/b21-19-. The molecule has 0 bridgehead atoms. The molecule has 1 amide bonds. The molecule has 0 heterocycles. The number of nitrogens with one attached hydrogen (secondary N) is 1. The van der Waals surface area contributed by atoms with Crippen LogP contribution in [0.5, 0.6) is 0 Å². The van der Waals surface area contributed by atoms with Gasteiger partial charge in [-0.25, -0.2) is 0 Å². The summed E-state index contributed by atoms with van der Waals surface area (Å²) in [7, 11) is 0. The van der Waals surface area contributed by atoms with Gasteiger partial charge in [0.05, 0.1) is 25.4 Å². The van der Waals surface area contributed by atoms with Gasteiger partial charge in [0.15, 0.2) is 0 Å². The van der Waals surface area contributed by atoms with Crippen LogP contribution in [0.3, 0.4) is 0 Å². The third-order valence-corrected chi connectivity index (χ3v) is 15.6. The number of rotatable bonds is 62.